The van der Waals surface area contributed by atoms with Gasteiger partial charge in [0.05, 0.1) is 20.8 Å². The third-order valence-electron chi connectivity index (χ3n) is 3.44. The molecule has 2 rings (SSSR count). The fourth-order valence-electron chi connectivity index (χ4n) is 2.30. The standard InChI is InChI=1S/C18H14Br2O4/c19-15(11-7-3-1-4-8-11)13(17(21)22)14(18(23)24)16(20)12-9-5-2-6-10-12/h1-10,15-16H,(H,21,22)(H,23,24)/b14-13+. The Hall–Kier alpha value is -1.92. The molecule has 0 aromatic heterocycles. The van der Waals surface area contributed by atoms with Gasteiger partial charge in [-0.25, -0.2) is 9.59 Å². The maximum atomic E-state index is 11.8. The lowest BCUT2D eigenvalue weighted by atomic mass is 9.95. The molecule has 124 valence electrons. The first-order valence-corrected chi connectivity index (χ1v) is 8.85. The zero-order valence-corrected chi connectivity index (χ0v) is 15.6. The van der Waals surface area contributed by atoms with E-state index in [0.29, 0.717) is 11.1 Å². The van der Waals surface area contributed by atoms with Crippen LogP contribution in [0.3, 0.4) is 0 Å². The monoisotopic (exact) mass is 452 g/mol. The van der Waals surface area contributed by atoms with Gasteiger partial charge in [-0.3, -0.25) is 0 Å². The molecule has 0 saturated heterocycles. The van der Waals surface area contributed by atoms with Gasteiger partial charge in [0.15, 0.2) is 0 Å². The van der Waals surface area contributed by atoms with E-state index in [1.165, 1.54) is 0 Å². The molecule has 2 aromatic rings. The third-order valence-corrected chi connectivity index (χ3v) is 5.42. The van der Waals surface area contributed by atoms with Crippen LogP contribution >= 0.6 is 31.9 Å². The molecule has 0 spiro atoms. The minimum Gasteiger partial charge on any atom is -0.478 e. The van der Waals surface area contributed by atoms with Gasteiger partial charge in [0, 0.05) is 0 Å². The van der Waals surface area contributed by atoms with Crippen LogP contribution in [-0.4, -0.2) is 22.2 Å². The SMILES string of the molecule is O=C(O)/C(=C(/C(=O)O)C(Br)c1ccccc1)C(Br)c1ccccc1. The van der Waals surface area contributed by atoms with Crippen LogP contribution in [0, 0.1) is 0 Å². The lowest BCUT2D eigenvalue weighted by Crippen LogP contribution is -2.18. The van der Waals surface area contributed by atoms with Crippen molar-refractivity contribution in [3.8, 4) is 0 Å². The van der Waals surface area contributed by atoms with Crippen molar-refractivity contribution in [1.82, 2.24) is 0 Å². The second kappa shape index (κ2) is 8.26. The summed E-state index contributed by atoms with van der Waals surface area (Å²) in [4.78, 5) is 22.2. The number of rotatable bonds is 6. The zero-order chi connectivity index (χ0) is 17.7. The van der Waals surface area contributed by atoms with E-state index in [4.69, 9.17) is 0 Å². The number of alkyl halides is 2. The first-order chi connectivity index (χ1) is 11.4. The van der Waals surface area contributed by atoms with Crippen LogP contribution in [0.4, 0.5) is 0 Å². The number of carboxylic acid groups (broad SMARTS) is 2. The Balaban J connectivity index is 2.60. The van der Waals surface area contributed by atoms with Crippen molar-refractivity contribution in [3.05, 3.63) is 82.9 Å². The van der Waals surface area contributed by atoms with Crippen LogP contribution in [0.25, 0.3) is 0 Å². The van der Waals surface area contributed by atoms with Gasteiger partial charge in [0.25, 0.3) is 0 Å². The lowest BCUT2D eigenvalue weighted by molar-refractivity contribution is -0.136. The summed E-state index contributed by atoms with van der Waals surface area (Å²) in [6.45, 7) is 0. The van der Waals surface area contributed by atoms with Crippen molar-refractivity contribution in [1.29, 1.82) is 0 Å². The number of carbonyl (C=O) groups is 2. The fourth-order valence-corrected chi connectivity index (χ4v) is 3.79. The smallest absolute Gasteiger partial charge is 0.333 e. The molecule has 0 heterocycles. The van der Waals surface area contributed by atoms with E-state index in [1.807, 2.05) is 12.1 Å². The molecular weight excluding hydrogens is 440 g/mol. The molecular formula is C18H14Br2O4. The predicted octanol–water partition coefficient (Wildman–Crippen LogP) is 4.72. The third kappa shape index (κ3) is 4.13. The molecule has 6 heteroatoms. The summed E-state index contributed by atoms with van der Waals surface area (Å²) in [5.41, 5.74) is 0.918. The van der Waals surface area contributed by atoms with Gasteiger partial charge in [-0.2, -0.15) is 0 Å². The predicted molar refractivity (Wildman–Crippen MR) is 98.5 cm³/mol. The number of hydrogen-bond acceptors (Lipinski definition) is 2. The highest BCUT2D eigenvalue weighted by atomic mass is 79.9. The van der Waals surface area contributed by atoms with E-state index in [-0.39, 0.29) is 11.1 Å². The Labute approximate surface area is 156 Å². The topological polar surface area (TPSA) is 74.6 Å². The van der Waals surface area contributed by atoms with Crippen molar-refractivity contribution < 1.29 is 19.8 Å². The molecule has 2 N–H and O–H groups in total. The van der Waals surface area contributed by atoms with E-state index in [0.717, 1.165) is 0 Å². The van der Waals surface area contributed by atoms with Crippen molar-refractivity contribution >= 4 is 43.8 Å². The van der Waals surface area contributed by atoms with Gasteiger partial charge in [-0.1, -0.05) is 92.5 Å². The number of aliphatic carboxylic acids is 2. The molecule has 0 fully saturated rings. The maximum absolute atomic E-state index is 11.8. The average molecular weight is 454 g/mol. The van der Waals surface area contributed by atoms with Gasteiger partial charge < -0.3 is 10.2 Å². The van der Waals surface area contributed by atoms with Crippen molar-refractivity contribution in [3.63, 3.8) is 0 Å². The molecule has 0 aliphatic carbocycles. The molecule has 0 saturated carbocycles. The average Bonchev–Trinajstić information content (AvgIpc) is 2.59. The molecule has 0 amide bonds. The highest BCUT2D eigenvalue weighted by Gasteiger charge is 2.32. The van der Waals surface area contributed by atoms with Crippen molar-refractivity contribution in [2.75, 3.05) is 0 Å². The highest BCUT2D eigenvalue weighted by molar-refractivity contribution is 9.09. The summed E-state index contributed by atoms with van der Waals surface area (Å²) in [7, 11) is 0. The number of hydrogen-bond donors (Lipinski definition) is 2. The van der Waals surface area contributed by atoms with Crippen molar-refractivity contribution in [2.45, 2.75) is 9.65 Å². The summed E-state index contributed by atoms with van der Waals surface area (Å²) < 4.78 is 0. The molecule has 2 unspecified atom stereocenters. The summed E-state index contributed by atoms with van der Waals surface area (Å²) in [5, 5.41) is 19.3. The number of carboxylic acids is 2. The van der Waals surface area contributed by atoms with E-state index in [9.17, 15) is 19.8 Å². The molecule has 2 aromatic carbocycles. The Morgan fingerprint density at radius 2 is 0.958 bits per heavy atom. The Morgan fingerprint density at radius 3 is 1.21 bits per heavy atom. The minimum atomic E-state index is -1.28. The van der Waals surface area contributed by atoms with E-state index < -0.39 is 21.6 Å². The van der Waals surface area contributed by atoms with Gasteiger partial charge >= 0.3 is 11.9 Å². The lowest BCUT2D eigenvalue weighted by Gasteiger charge is -2.19. The first-order valence-electron chi connectivity index (χ1n) is 7.02. The second-order valence-electron chi connectivity index (χ2n) is 4.98. The van der Waals surface area contributed by atoms with E-state index in [1.54, 1.807) is 48.5 Å². The van der Waals surface area contributed by atoms with Crippen LogP contribution in [0.5, 0.6) is 0 Å². The number of benzene rings is 2. The van der Waals surface area contributed by atoms with Gasteiger partial charge in [0.2, 0.25) is 0 Å². The largest absolute Gasteiger partial charge is 0.478 e. The first kappa shape index (κ1) is 18.4. The Bertz CT molecular complexity index is 692. The summed E-state index contributed by atoms with van der Waals surface area (Å²) in [5.74, 6) is -2.56. The summed E-state index contributed by atoms with van der Waals surface area (Å²) >= 11 is 6.68. The zero-order valence-electron chi connectivity index (χ0n) is 12.4. The van der Waals surface area contributed by atoms with Crippen LogP contribution in [0.15, 0.2) is 71.8 Å². The molecule has 24 heavy (non-hydrogen) atoms. The fraction of sp³-hybridized carbons (Fsp3) is 0.111. The molecule has 0 aliphatic rings. The summed E-state index contributed by atoms with van der Waals surface area (Å²) in [6.07, 6.45) is 0. The molecule has 0 aliphatic heterocycles. The van der Waals surface area contributed by atoms with Crippen LogP contribution in [0.1, 0.15) is 20.8 Å². The normalized spacial score (nSPS) is 14.4. The molecule has 4 nitrogen and oxygen atoms in total. The minimum absolute atomic E-state index is 0.209. The second-order valence-corrected chi connectivity index (χ2v) is 6.82. The van der Waals surface area contributed by atoms with Gasteiger partial charge in [0.1, 0.15) is 0 Å². The quantitative estimate of drug-likeness (QED) is 0.490. The Kier molecular flexibility index (Phi) is 6.34. The number of halogens is 2. The molecule has 2 atom stereocenters. The molecule has 0 bridgehead atoms. The molecule has 0 radical (unpaired) electrons. The van der Waals surface area contributed by atoms with Gasteiger partial charge in [-0.05, 0) is 11.1 Å². The maximum Gasteiger partial charge on any atom is 0.333 e. The van der Waals surface area contributed by atoms with Crippen molar-refractivity contribution in [2.24, 2.45) is 0 Å². The van der Waals surface area contributed by atoms with E-state index in [2.05, 4.69) is 31.9 Å². The Morgan fingerprint density at radius 1 is 0.667 bits per heavy atom. The van der Waals surface area contributed by atoms with Crippen LogP contribution in [0.2, 0.25) is 0 Å². The van der Waals surface area contributed by atoms with Crippen LogP contribution in [-0.2, 0) is 9.59 Å². The van der Waals surface area contributed by atoms with Crippen LogP contribution < -0.4 is 0 Å². The summed E-state index contributed by atoms with van der Waals surface area (Å²) in [6, 6.07) is 17.7. The van der Waals surface area contributed by atoms with Gasteiger partial charge in [-0.15, -0.1) is 0 Å². The highest BCUT2D eigenvalue weighted by Crippen LogP contribution is 2.40. The van der Waals surface area contributed by atoms with E-state index >= 15 is 0 Å².